The molecule has 3 heterocycles. The van der Waals surface area contributed by atoms with Crippen molar-refractivity contribution in [2.45, 2.75) is 69.5 Å². The number of aromatic nitrogens is 1. The molecule has 2 aliphatic heterocycles. The Bertz CT molecular complexity index is 1190. The number of rotatable bonds is 6. The number of anilines is 2. The highest BCUT2D eigenvalue weighted by Crippen LogP contribution is 2.39. The van der Waals surface area contributed by atoms with E-state index in [1.165, 1.54) is 24.9 Å². The van der Waals surface area contributed by atoms with Crippen LogP contribution in [0.1, 0.15) is 52.9 Å². The molecule has 0 aliphatic carbocycles. The summed E-state index contributed by atoms with van der Waals surface area (Å²) in [6.07, 6.45) is 6.26. The molecule has 2 aliphatic rings. The zero-order chi connectivity index (χ0) is 26.1. The van der Waals surface area contributed by atoms with Crippen LogP contribution in [0, 0.1) is 0 Å². The number of amides is 1. The van der Waals surface area contributed by atoms with Crippen molar-refractivity contribution < 1.29 is 17.9 Å². The average molecular weight is 536 g/mol. The van der Waals surface area contributed by atoms with Gasteiger partial charge in [-0.25, -0.2) is 22.9 Å². The number of methoxy groups -OCH3 is 1. The van der Waals surface area contributed by atoms with Gasteiger partial charge in [-0.3, -0.25) is 9.80 Å². The molecular weight excluding hydrogens is 498 g/mol. The molecule has 4 rings (SSSR count). The molecule has 2 aromatic rings. The first-order valence-electron chi connectivity index (χ1n) is 12.5. The summed E-state index contributed by atoms with van der Waals surface area (Å²) < 4.78 is 35.2. The van der Waals surface area contributed by atoms with Crippen molar-refractivity contribution in [1.82, 2.24) is 14.6 Å². The third-order valence-electron chi connectivity index (χ3n) is 6.51. The summed E-state index contributed by atoms with van der Waals surface area (Å²) in [4.78, 5) is 24.3. The van der Waals surface area contributed by atoms with Crippen LogP contribution in [0.15, 0.2) is 29.3 Å². The molecule has 2 saturated heterocycles. The zero-order valence-electron chi connectivity index (χ0n) is 21.8. The maximum absolute atomic E-state index is 13.7. The van der Waals surface area contributed by atoms with Gasteiger partial charge < -0.3 is 9.64 Å². The second-order valence-electron chi connectivity index (χ2n) is 10.5. The van der Waals surface area contributed by atoms with Crippen molar-refractivity contribution in [2.24, 2.45) is 0 Å². The maximum atomic E-state index is 13.7. The van der Waals surface area contributed by atoms with Crippen molar-refractivity contribution in [3.63, 3.8) is 0 Å². The Balaban J connectivity index is 1.80. The minimum atomic E-state index is -3.91. The molecule has 0 unspecified atom stereocenters. The van der Waals surface area contributed by atoms with E-state index in [2.05, 4.69) is 19.5 Å². The Hall–Kier alpha value is -2.21. The van der Waals surface area contributed by atoms with Crippen LogP contribution < -0.4 is 14.5 Å². The fourth-order valence-corrected chi connectivity index (χ4v) is 7.61. The summed E-state index contributed by atoms with van der Waals surface area (Å²) in [5.41, 5.74) is 0.382. The lowest BCUT2D eigenvalue weighted by Gasteiger charge is -2.32. The molecule has 0 spiro atoms. The molecule has 0 bridgehead atoms. The molecular formula is C25H37N5O4S2. The normalized spacial score (nSPS) is 19.5. The van der Waals surface area contributed by atoms with E-state index < -0.39 is 21.7 Å². The first kappa shape index (κ1) is 26.8. The SMILES string of the molecule is COC(=O)N(c1ccc(-c2cnc(N3CCCCC3)s2)c(S(=O)(=O)NC(C)(C)C)c1)[C@@H]1CCCN1C. The lowest BCUT2D eigenvalue weighted by atomic mass is 10.1. The Morgan fingerprint density at radius 3 is 2.50 bits per heavy atom. The monoisotopic (exact) mass is 535 g/mol. The van der Waals surface area contributed by atoms with Crippen LogP contribution in [-0.2, 0) is 14.8 Å². The van der Waals surface area contributed by atoms with Crippen LogP contribution in [0.3, 0.4) is 0 Å². The Morgan fingerprint density at radius 2 is 1.89 bits per heavy atom. The van der Waals surface area contributed by atoms with Crippen LogP contribution in [0.25, 0.3) is 10.4 Å². The van der Waals surface area contributed by atoms with Gasteiger partial charge in [0.2, 0.25) is 10.0 Å². The molecule has 1 aromatic heterocycles. The largest absolute Gasteiger partial charge is 0.452 e. The van der Waals surface area contributed by atoms with Gasteiger partial charge in [-0.2, -0.15) is 0 Å². The van der Waals surface area contributed by atoms with E-state index in [1.54, 1.807) is 29.3 Å². The number of hydrogen-bond acceptors (Lipinski definition) is 8. The average Bonchev–Trinajstić information content (AvgIpc) is 3.48. The summed E-state index contributed by atoms with van der Waals surface area (Å²) in [5.74, 6) is 0. The molecule has 1 amide bonds. The van der Waals surface area contributed by atoms with Crippen LogP contribution >= 0.6 is 11.3 Å². The van der Waals surface area contributed by atoms with Crippen LogP contribution in [0.5, 0.6) is 0 Å². The molecule has 9 nitrogen and oxygen atoms in total. The number of nitrogens with one attached hydrogen (secondary N) is 1. The predicted octanol–water partition coefficient (Wildman–Crippen LogP) is 4.50. The second kappa shape index (κ2) is 10.6. The number of likely N-dealkylation sites (tertiary alicyclic amines) is 1. The van der Waals surface area contributed by atoms with Gasteiger partial charge in [0, 0.05) is 30.4 Å². The summed E-state index contributed by atoms with van der Waals surface area (Å²) in [5, 5.41) is 0.907. The van der Waals surface area contributed by atoms with E-state index in [9.17, 15) is 13.2 Å². The minimum absolute atomic E-state index is 0.123. The highest BCUT2D eigenvalue weighted by molar-refractivity contribution is 7.89. The number of carbonyl (C=O) groups excluding carboxylic acids is 1. The van der Waals surface area contributed by atoms with Gasteiger partial charge in [0.1, 0.15) is 0 Å². The van der Waals surface area contributed by atoms with Gasteiger partial charge >= 0.3 is 6.09 Å². The van der Waals surface area contributed by atoms with Crippen molar-refractivity contribution in [1.29, 1.82) is 0 Å². The first-order valence-corrected chi connectivity index (χ1v) is 14.8. The maximum Gasteiger partial charge on any atom is 0.415 e. The van der Waals surface area contributed by atoms with Crippen molar-refractivity contribution >= 4 is 38.3 Å². The van der Waals surface area contributed by atoms with Gasteiger partial charge in [0.15, 0.2) is 5.13 Å². The van der Waals surface area contributed by atoms with Crippen LogP contribution in [0.4, 0.5) is 15.6 Å². The Kier molecular flexibility index (Phi) is 7.94. The molecule has 36 heavy (non-hydrogen) atoms. The Labute approximate surface area is 218 Å². The fraction of sp³-hybridized carbons (Fsp3) is 0.600. The quantitative estimate of drug-likeness (QED) is 0.582. The van der Waals surface area contributed by atoms with E-state index in [-0.39, 0.29) is 11.1 Å². The second-order valence-corrected chi connectivity index (χ2v) is 13.2. The summed E-state index contributed by atoms with van der Waals surface area (Å²) in [6.45, 7) is 8.21. The van der Waals surface area contributed by atoms with E-state index in [4.69, 9.17) is 4.74 Å². The number of benzene rings is 1. The third kappa shape index (κ3) is 5.85. The highest BCUT2D eigenvalue weighted by Gasteiger charge is 2.34. The van der Waals surface area contributed by atoms with Gasteiger partial charge in [-0.05, 0) is 78.6 Å². The number of thiazole rings is 1. The van der Waals surface area contributed by atoms with Gasteiger partial charge in [-0.1, -0.05) is 17.4 Å². The van der Waals surface area contributed by atoms with Crippen LogP contribution in [-0.4, -0.2) is 69.9 Å². The lowest BCUT2D eigenvalue weighted by molar-refractivity contribution is 0.167. The molecule has 11 heteroatoms. The predicted molar refractivity (Wildman–Crippen MR) is 144 cm³/mol. The number of carbonyl (C=O) groups is 1. The summed E-state index contributed by atoms with van der Waals surface area (Å²) >= 11 is 1.50. The van der Waals surface area contributed by atoms with E-state index in [0.717, 1.165) is 55.3 Å². The first-order chi connectivity index (χ1) is 17.0. The zero-order valence-corrected chi connectivity index (χ0v) is 23.4. The van der Waals surface area contributed by atoms with E-state index in [1.807, 2.05) is 27.8 Å². The molecule has 2 fully saturated rings. The molecule has 1 N–H and O–H groups in total. The number of nitrogens with zero attached hydrogens (tertiary/aromatic N) is 4. The van der Waals surface area contributed by atoms with Gasteiger partial charge in [-0.15, -0.1) is 0 Å². The van der Waals surface area contributed by atoms with Crippen molar-refractivity contribution in [3.8, 4) is 10.4 Å². The summed E-state index contributed by atoms with van der Waals surface area (Å²) in [7, 11) is -0.612. The highest BCUT2D eigenvalue weighted by atomic mass is 32.2. The Morgan fingerprint density at radius 1 is 1.17 bits per heavy atom. The molecule has 0 saturated carbocycles. The molecule has 198 valence electrons. The van der Waals surface area contributed by atoms with Crippen molar-refractivity contribution in [3.05, 3.63) is 24.4 Å². The topological polar surface area (TPSA) is 95.1 Å². The smallest absolute Gasteiger partial charge is 0.415 e. The fourth-order valence-electron chi connectivity index (χ4n) is 4.88. The van der Waals surface area contributed by atoms with Crippen LogP contribution in [0.2, 0.25) is 0 Å². The number of sulfonamides is 1. The molecule has 0 radical (unpaired) electrons. The van der Waals surface area contributed by atoms with Gasteiger partial charge in [0.25, 0.3) is 0 Å². The van der Waals surface area contributed by atoms with E-state index >= 15 is 0 Å². The third-order valence-corrected chi connectivity index (χ3v) is 9.40. The molecule has 1 atom stereocenters. The lowest BCUT2D eigenvalue weighted by Crippen LogP contribution is -2.47. The minimum Gasteiger partial charge on any atom is -0.452 e. The van der Waals surface area contributed by atoms with Crippen molar-refractivity contribution in [2.75, 3.05) is 43.6 Å². The number of hydrogen-bond donors (Lipinski definition) is 1. The van der Waals surface area contributed by atoms with Gasteiger partial charge in [0.05, 0.1) is 28.7 Å². The number of piperidine rings is 1. The summed E-state index contributed by atoms with van der Waals surface area (Å²) in [6, 6.07) is 5.17. The standard InChI is InChI=1S/C25H37N5O4S2/c1-25(2,3)27-36(32,33)21-16-18(30(24(31)34-5)22-10-9-13-28(22)4)11-12-19(21)20-17-26-23(35-20)29-14-7-6-8-15-29/h11-12,16-17,22,27H,6-10,13-15H2,1-5H3/t22-/m1/s1. The van der Waals surface area contributed by atoms with E-state index in [0.29, 0.717) is 11.3 Å². The molecule has 1 aromatic carbocycles. The number of ether oxygens (including phenoxy) is 1.